The quantitative estimate of drug-likeness (QED) is 0.407. The van der Waals surface area contributed by atoms with Gasteiger partial charge in [0, 0.05) is 18.6 Å². The Labute approximate surface area is 221 Å². The summed E-state index contributed by atoms with van der Waals surface area (Å²) >= 11 is 12.4. The standard InChI is InChI=1S/C26H27Cl2N3O4S/c1-19(26(33)29-2)30(16-15-20-9-5-3-6-10-20)25(32)18-31(24-14-13-21(27)17-23(24)28)36(34,35)22-11-7-4-8-12-22/h3-14,17,19H,15-16,18H2,1-2H3,(H,29,33)/t19-/m1/s1. The van der Waals surface area contributed by atoms with Crippen LogP contribution < -0.4 is 9.62 Å². The molecule has 3 aromatic carbocycles. The molecule has 2 amide bonds. The Morgan fingerprint density at radius 2 is 1.56 bits per heavy atom. The van der Waals surface area contributed by atoms with Gasteiger partial charge >= 0.3 is 0 Å². The van der Waals surface area contributed by atoms with Crippen LogP contribution in [0.3, 0.4) is 0 Å². The Morgan fingerprint density at radius 1 is 0.944 bits per heavy atom. The first kappa shape index (κ1) is 27.5. The number of carbonyl (C=O) groups is 2. The van der Waals surface area contributed by atoms with Crippen LogP contribution in [0.4, 0.5) is 5.69 Å². The van der Waals surface area contributed by atoms with Crippen LogP contribution in [-0.2, 0) is 26.0 Å². The summed E-state index contributed by atoms with van der Waals surface area (Å²) in [5, 5.41) is 2.95. The summed E-state index contributed by atoms with van der Waals surface area (Å²) in [6.45, 7) is 1.26. The zero-order chi connectivity index (χ0) is 26.3. The van der Waals surface area contributed by atoms with Crippen LogP contribution in [-0.4, -0.2) is 51.3 Å². The minimum atomic E-state index is -4.18. The molecule has 0 saturated heterocycles. The monoisotopic (exact) mass is 547 g/mol. The Morgan fingerprint density at radius 3 is 2.14 bits per heavy atom. The maximum Gasteiger partial charge on any atom is 0.264 e. The fourth-order valence-corrected chi connectivity index (χ4v) is 5.71. The number of nitrogens with zero attached hydrogens (tertiary/aromatic N) is 2. The molecule has 0 aliphatic carbocycles. The molecule has 0 aromatic heterocycles. The zero-order valence-electron chi connectivity index (χ0n) is 19.9. The van der Waals surface area contributed by atoms with Crippen LogP contribution in [0.2, 0.25) is 10.0 Å². The van der Waals surface area contributed by atoms with Gasteiger partial charge in [0.15, 0.2) is 0 Å². The minimum Gasteiger partial charge on any atom is -0.357 e. The fourth-order valence-electron chi connectivity index (χ4n) is 3.70. The van der Waals surface area contributed by atoms with E-state index in [0.717, 1.165) is 9.87 Å². The first-order chi connectivity index (χ1) is 17.1. The van der Waals surface area contributed by atoms with Gasteiger partial charge in [-0.1, -0.05) is 71.7 Å². The molecular formula is C26H27Cl2N3O4S. The average Bonchev–Trinajstić information content (AvgIpc) is 2.88. The van der Waals surface area contributed by atoms with Gasteiger partial charge in [-0.25, -0.2) is 8.42 Å². The number of nitrogens with one attached hydrogen (secondary N) is 1. The predicted octanol–water partition coefficient (Wildman–Crippen LogP) is 4.39. The highest BCUT2D eigenvalue weighted by atomic mass is 35.5. The fraction of sp³-hybridized carbons (Fsp3) is 0.231. The van der Waals surface area contributed by atoms with E-state index in [1.165, 1.54) is 42.3 Å². The number of amides is 2. The van der Waals surface area contributed by atoms with Crippen LogP contribution in [0.15, 0.2) is 83.8 Å². The Balaban J connectivity index is 1.99. The molecule has 10 heteroatoms. The number of halogens is 2. The van der Waals surface area contributed by atoms with Gasteiger partial charge in [-0.3, -0.25) is 13.9 Å². The normalized spacial score (nSPS) is 12.0. The Kier molecular flexibility index (Phi) is 9.37. The number of likely N-dealkylation sites (N-methyl/N-ethyl adjacent to an activating group) is 1. The summed E-state index contributed by atoms with van der Waals surface area (Å²) < 4.78 is 28.3. The first-order valence-corrected chi connectivity index (χ1v) is 13.4. The number of sulfonamides is 1. The molecule has 0 fully saturated rings. The number of carbonyl (C=O) groups excluding carboxylic acids is 2. The number of hydrogen-bond donors (Lipinski definition) is 1. The molecule has 36 heavy (non-hydrogen) atoms. The summed E-state index contributed by atoms with van der Waals surface area (Å²) in [5.74, 6) is -0.911. The highest BCUT2D eigenvalue weighted by Crippen LogP contribution is 2.32. The minimum absolute atomic E-state index is 0.000924. The van der Waals surface area contributed by atoms with Gasteiger partial charge in [-0.15, -0.1) is 0 Å². The van der Waals surface area contributed by atoms with Crippen molar-refractivity contribution in [1.29, 1.82) is 0 Å². The summed E-state index contributed by atoms with van der Waals surface area (Å²) in [7, 11) is -2.69. The van der Waals surface area contributed by atoms with E-state index in [0.29, 0.717) is 11.4 Å². The van der Waals surface area contributed by atoms with E-state index >= 15 is 0 Å². The predicted molar refractivity (Wildman–Crippen MR) is 143 cm³/mol. The highest BCUT2D eigenvalue weighted by Gasteiger charge is 2.33. The molecular weight excluding hydrogens is 521 g/mol. The summed E-state index contributed by atoms with van der Waals surface area (Å²) in [5.41, 5.74) is 1.09. The zero-order valence-corrected chi connectivity index (χ0v) is 22.2. The molecule has 0 aliphatic heterocycles. The van der Waals surface area contributed by atoms with Crippen molar-refractivity contribution >= 4 is 50.7 Å². The Bertz CT molecular complexity index is 1310. The van der Waals surface area contributed by atoms with Crippen LogP contribution in [0.25, 0.3) is 0 Å². The van der Waals surface area contributed by atoms with E-state index < -0.39 is 28.5 Å². The molecule has 3 rings (SSSR count). The van der Waals surface area contributed by atoms with Crippen LogP contribution in [0.1, 0.15) is 12.5 Å². The second-order valence-corrected chi connectivity index (χ2v) is 10.7. The molecule has 0 unspecified atom stereocenters. The largest absolute Gasteiger partial charge is 0.357 e. The summed E-state index contributed by atoms with van der Waals surface area (Å²) in [6, 6.07) is 20.8. The molecule has 1 atom stereocenters. The smallest absolute Gasteiger partial charge is 0.264 e. The molecule has 0 spiro atoms. The Hall–Kier alpha value is -3.07. The van der Waals surface area contributed by atoms with Gasteiger partial charge in [0.2, 0.25) is 11.8 Å². The van der Waals surface area contributed by atoms with Crippen molar-refractivity contribution in [3.8, 4) is 0 Å². The van der Waals surface area contributed by atoms with Crippen molar-refractivity contribution in [3.05, 3.63) is 94.5 Å². The van der Waals surface area contributed by atoms with Gasteiger partial charge in [0.05, 0.1) is 15.6 Å². The lowest BCUT2D eigenvalue weighted by atomic mass is 10.1. The molecule has 0 heterocycles. The second kappa shape index (κ2) is 12.3. The van der Waals surface area contributed by atoms with Crippen molar-refractivity contribution in [2.45, 2.75) is 24.3 Å². The second-order valence-electron chi connectivity index (χ2n) is 8.03. The molecule has 7 nitrogen and oxygen atoms in total. The molecule has 3 aromatic rings. The molecule has 0 radical (unpaired) electrons. The lowest BCUT2D eigenvalue weighted by molar-refractivity contribution is -0.138. The summed E-state index contributed by atoms with van der Waals surface area (Å²) in [6.07, 6.45) is 0.487. The van der Waals surface area contributed by atoms with Crippen LogP contribution >= 0.6 is 23.2 Å². The maximum absolute atomic E-state index is 13.7. The lowest BCUT2D eigenvalue weighted by Gasteiger charge is -2.32. The average molecular weight is 548 g/mol. The molecule has 0 aliphatic rings. The summed E-state index contributed by atoms with van der Waals surface area (Å²) in [4.78, 5) is 27.5. The molecule has 1 N–H and O–H groups in total. The van der Waals surface area contributed by atoms with Crippen molar-refractivity contribution in [2.75, 3.05) is 24.4 Å². The maximum atomic E-state index is 13.7. The number of anilines is 1. The lowest BCUT2D eigenvalue weighted by Crippen LogP contribution is -2.51. The number of benzene rings is 3. The third kappa shape index (κ3) is 6.57. The van der Waals surface area contributed by atoms with E-state index in [2.05, 4.69) is 5.32 Å². The van der Waals surface area contributed by atoms with Gasteiger partial charge in [0.1, 0.15) is 12.6 Å². The van der Waals surface area contributed by atoms with E-state index in [-0.39, 0.29) is 28.1 Å². The van der Waals surface area contributed by atoms with Gasteiger partial charge < -0.3 is 10.2 Å². The van der Waals surface area contributed by atoms with Crippen molar-refractivity contribution < 1.29 is 18.0 Å². The van der Waals surface area contributed by atoms with E-state index in [4.69, 9.17) is 23.2 Å². The molecule has 190 valence electrons. The van der Waals surface area contributed by atoms with Crippen LogP contribution in [0.5, 0.6) is 0 Å². The van der Waals surface area contributed by atoms with Gasteiger partial charge in [-0.2, -0.15) is 0 Å². The van der Waals surface area contributed by atoms with E-state index in [9.17, 15) is 18.0 Å². The molecule has 0 saturated carbocycles. The first-order valence-electron chi connectivity index (χ1n) is 11.2. The van der Waals surface area contributed by atoms with E-state index in [1.54, 1.807) is 25.1 Å². The SMILES string of the molecule is CNC(=O)[C@@H](C)N(CCc1ccccc1)C(=O)CN(c1ccc(Cl)cc1Cl)S(=O)(=O)c1ccccc1. The van der Waals surface area contributed by atoms with E-state index in [1.807, 2.05) is 30.3 Å². The topological polar surface area (TPSA) is 86.8 Å². The third-order valence-corrected chi connectivity index (χ3v) is 8.00. The van der Waals surface area contributed by atoms with Crippen molar-refractivity contribution in [2.24, 2.45) is 0 Å². The van der Waals surface area contributed by atoms with Gasteiger partial charge in [0.25, 0.3) is 10.0 Å². The van der Waals surface area contributed by atoms with Crippen molar-refractivity contribution in [3.63, 3.8) is 0 Å². The van der Waals surface area contributed by atoms with Crippen molar-refractivity contribution in [1.82, 2.24) is 10.2 Å². The van der Waals surface area contributed by atoms with Crippen LogP contribution in [0, 0.1) is 0 Å². The third-order valence-electron chi connectivity index (χ3n) is 5.69. The molecule has 0 bridgehead atoms. The highest BCUT2D eigenvalue weighted by molar-refractivity contribution is 7.92. The van der Waals surface area contributed by atoms with Gasteiger partial charge in [-0.05, 0) is 49.2 Å². The number of hydrogen-bond acceptors (Lipinski definition) is 4. The number of rotatable bonds is 10.